The normalized spacial score (nSPS) is 16.8. The lowest BCUT2D eigenvalue weighted by molar-refractivity contribution is 0.455. The summed E-state index contributed by atoms with van der Waals surface area (Å²) in [5, 5.41) is 32.0. The van der Waals surface area contributed by atoms with Crippen molar-refractivity contribution in [2.24, 2.45) is 10.1 Å². The average Bonchev–Trinajstić information content (AvgIpc) is 3.85. The fraction of sp³-hybridized carbons (Fsp3) is 0.0968. The van der Waals surface area contributed by atoms with Gasteiger partial charge in [0.15, 0.2) is 5.82 Å². The number of anilines is 1. The number of rotatable bonds is 6. The number of para-hydroxylation sites is 2. The van der Waals surface area contributed by atoms with Gasteiger partial charge in [0.2, 0.25) is 11.0 Å². The Morgan fingerprint density at radius 2 is 1.88 bits per heavy atom. The molecule has 43 heavy (non-hydrogen) atoms. The number of fused-ring (bicyclic) bond motifs is 1. The Morgan fingerprint density at radius 1 is 1.02 bits per heavy atom. The van der Waals surface area contributed by atoms with E-state index in [0.29, 0.717) is 16.4 Å². The van der Waals surface area contributed by atoms with E-state index in [1.807, 2.05) is 94.8 Å². The third-order valence-electron chi connectivity index (χ3n) is 7.35. The standard InChI is InChI=1S/C31H23N9OS2/c1-19-28(30(38-18-32-17-33-38)39(36-19)22-9-3-2-4-10-22)25-16-24(26-12-7-13-42-26)37-40(25)31-35-29(41)27(43-31)15-21-14-20-8-5-6-11-23(20)34-21/h2-15,17-18,25,41H,16H2,1H3/b21-15-. The van der Waals surface area contributed by atoms with Crippen LogP contribution in [0, 0.1) is 6.92 Å². The van der Waals surface area contributed by atoms with Crippen molar-refractivity contribution in [1.29, 1.82) is 0 Å². The number of aromatic hydroxyl groups is 1. The minimum atomic E-state index is -0.258. The van der Waals surface area contributed by atoms with Gasteiger partial charge in [-0.1, -0.05) is 53.8 Å². The maximum absolute atomic E-state index is 11.0. The molecule has 4 aromatic heterocycles. The highest BCUT2D eigenvalue weighted by atomic mass is 32.1. The lowest BCUT2D eigenvalue weighted by Gasteiger charge is -2.22. The van der Waals surface area contributed by atoms with E-state index in [-0.39, 0.29) is 11.9 Å². The van der Waals surface area contributed by atoms with Crippen molar-refractivity contribution in [3.05, 3.63) is 122 Å². The molecule has 0 spiro atoms. The van der Waals surface area contributed by atoms with Crippen LogP contribution in [-0.2, 0) is 0 Å². The number of thiophene rings is 1. The van der Waals surface area contributed by atoms with E-state index in [2.05, 4.69) is 21.1 Å². The van der Waals surface area contributed by atoms with Crippen LogP contribution < -0.4 is 15.6 Å². The summed E-state index contributed by atoms with van der Waals surface area (Å²) in [6.45, 7) is 2.00. The Balaban J connectivity index is 1.26. The molecule has 2 aromatic carbocycles. The summed E-state index contributed by atoms with van der Waals surface area (Å²) in [5.41, 5.74) is 4.41. The highest BCUT2D eigenvalue weighted by molar-refractivity contribution is 7.16. The van der Waals surface area contributed by atoms with Gasteiger partial charge in [0, 0.05) is 17.2 Å². The largest absolute Gasteiger partial charge is 0.492 e. The van der Waals surface area contributed by atoms with Crippen LogP contribution in [0.4, 0.5) is 5.13 Å². The summed E-state index contributed by atoms with van der Waals surface area (Å²) in [4.78, 5) is 15.2. The van der Waals surface area contributed by atoms with Gasteiger partial charge in [-0.05, 0) is 48.7 Å². The van der Waals surface area contributed by atoms with Crippen molar-refractivity contribution in [3.63, 3.8) is 0 Å². The SMILES string of the molecule is Cc1nn(-c2ccccc2)c(-n2cncn2)c1C1CC(c2cccs2)=NN1c1nc(O)c(/C=C2/C=c3ccccc3=N2)s1. The predicted octanol–water partition coefficient (Wildman–Crippen LogP) is 4.80. The van der Waals surface area contributed by atoms with E-state index in [4.69, 9.17) is 15.2 Å². The van der Waals surface area contributed by atoms with Crippen molar-refractivity contribution in [1.82, 2.24) is 29.5 Å². The third kappa shape index (κ3) is 4.47. The molecule has 0 amide bonds. The smallest absolute Gasteiger partial charge is 0.231 e. The lowest BCUT2D eigenvalue weighted by atomic mass is 10.0. The summed E-state index contributed by atoms with van der Waals surface area (Å²) in [5.74, 6) is 0.720. The van der Waals surface area contributed by atoms with E-state index in [9.17, 15) is 5.11 Å². The van der Waals surface area contributed by atoms with Crippen LogP contribution in [0.2, 0.25) is 0 Å². The number of thiazole rings is 1. The number of aromatic nitrogens is 6. The molecule has 6 aromatic rings. The first-order chi connectivity index (χ1) is 21.1. The average molecular weight is 602 g/mol. The second kappa shape index (κ2) is 10.3. The van der Waals surface area contributed by atoms with Crippen LogP contribution in [0.3, 0.4) is 0 Å². The van der Waals surface area contributed by atoms with Gasteiger partial charge in [-0.25, -0.2) is 24.3 Å². The van der Waals surface area contributed by atoms with Gasteiger partial charge in [0.25, 0.3) is 0 Å². The van der Waals surface area contributed by atoms with E-state index in [0.717, 1.165) is 49.6 Å². The van der Waals surface area contributed by atoms with Gasteiger partial charge in [0.1, 0.15) is 12.7 Å². The lowest BCUT2D eigenvalue weighted by Crippen LogP contribution is -2.21. The molecule has 6 heterocycles. The second-order valence-corrected chi connectivity index (χ2v) is 12.0. The van der Waals surface area contributed by atoms with Crippen LogP contribution >= 0.6 is 22.7 Å². The van der Waals surface area contributed by atoms with Crippen LogP contribution in [-0.4, -0.2) is 40.3 Å². The molecule has 8 rings (SSSR count). The maximum Gasteiger partial charge on any atom is 0.231 e. The molecule has 0 radical (unpaired) electrons. The fourth-order valence-electron chi connectivity index (χ4n) is 5.46. The number of hydrogen-bond donors (Lipinski definition) is 1. The van der Waals surface area contributed by atoms with Crippen molar-refractivity contribution >= 4 is 45.7 Å². The summed E-state index contributed by atoms with van der Waals surface area (Å²) in [7, 11) is 0. The van der Waals surface area contributed by atoms with Gasteiger partial charge in [-0.15, -0.1) is 11.3 Å². The van der Waals surface area contributed by atoms with Gasteiger partial charge < -0.3 is 5.11 Å². The van der Waals surface area contributed by atoms with Crippen LogP contribution in [0.1, 0.15) is 33.5 Å². The molecule has 210 valence electrons. The molecule has 1 unspecified atom stereocenters. The summed E-state index contributed by atoms with van der Waals surface area (Å²) in [6, 6.07) is 21.8. The molecular weight excluding hydrogens is 579 g/mol. The Bertz CT molecular complexity index is 2110. The number of hydrogen-bond acceptors (Lipinski definition) is 10. The zero-order chi connectivity index (χ0) is 28.9. The maximum atomic E-state index is 11.0. The Labute approximate surface area is 253 Å². The minimum Gasteiger partial charge on any atom is -0.492 e. The van der Waals surface area contributed by atoms with Crippen molar-refractivity contribution < 1.29 is 5.11 Å². The molecule has 2 aliphatic heterocycles. The predicted molar refractivity (Wildman–Crippen MR) is 167 cm³/mol. The Kier molecular flexibility index (Phi) is 6.09. The number of allylic oxidation sites excluding steroid dienone is 1. The third-order valence-corrected chi connectivity index (χ3v) is 9.25. The summed E-state index contributed by atoms with van der Waals surface area (Å²) >= 11 is 3.02. The summed E-state index contributed by atoms with van der Waals surface area (Å²) in [6.07, 6.45) is 7.69. The first kappa shape index (κ1) is 25.5. The molecule has 0 aliphatic carbocycles. The fourth-order valence-corrected chi connectivity index (χ4v) is 7.09. The first-order valence-corrected chi connectivity index (χ1v) is 15.3. The highest BCUT2D eigenvalue weighted by Crippen LogP contribution is 2.44. The van der Waals surface area contributed by atoms with Crippen LogP contribution in [0.5, 0.6) is 5.88 Å². The molecule has 0 saturated heterocycles. The zero-order valence-corrected chi connectivity index (χ0v) is 24.4. The van der Waals surface area contributed by atoms with E-state index < -0.39 is 0 Å². The van der Waals surface area contributed by atoms with Gasteiger partial charge in [0.05, 0.1) is 43.9 Å². The quantitative estimate of drug-likeness (QED) is 0.294. The van der Waals surface area contributed by atoms with Crippen molar-refractivity contribution in [2.45, 2.75) is 19.4 Å². The monoisotopic (exact) mass is 601 g/mol. The van der Waals surface area contributed by atoms with Crippen LogP contribution in [0.25, 0.3) is 23.7 Å². The molecule has 0 fully saturated rings. The molecule has 0 saturated carbocycles. The molecule has 1 N–H and O–H groups in total. The Morgan fingerprint density at radius 3 is 2.67 bits per heavy atom. The van der Waals surface area contributed by atoms with Gasteiger partial charge >= 0.3 is 0 Å². The van der Waals surface area contributed by atoms with E-state index >= 15 is 0 Å². The van der Waals surface area contributed by atoms with Gasteiger partial charge in [-0.3, -0.25) is 0 Å². The molecular formula is C31H23N9OS2. The number of aryl methyl sites for hydroxylation is 1. The molecule has 1 atom stereocenters. The molecule has 10 nitrogen and oxygen atoms in total. The van der Waals surface area contributed by atoms with E-state index in [1.165, 1.54) is 17.7 Å². The highest BCUT2D eigenvalue weighted by Gasteiger charge is 2.38. The first-order valence-electron chi connectivity index (χ1n) is 13.6. The van der Waals surface area contributed by atoms with Crippen molar-refractivity contribution in [3.8, 4) is 17.4 Å². The molecule has 0 bridgehead atoms. The molecule has 12 heteroatoms. The number of benzene rings is 2. The summed E-state index contributed by atoms with van der Waals surface area (Å²) < 4.78 is 3.64. The minimum absolute atomic E-state index is 0.0567. The second-order valence-electron chi connectivity index (χ2n) is 10.1. The zero-order valence-electron chi connectivity index (χ0n) is 22.8. The topological polar surface area (TPSA) is 110 Å². The van der Waals surface area contributed by atoms with Gasteiger partial charge in [-0.2, -0.15) is 20.3 Å². The number of nitrogens with zero attached hydrogens (tertiary/aromatic N) is 9. The molecule has 2 aliphatic rings. The number of hydrazone groups is 1. The van der Waals surface area contributed by atoms with Crippen molar-refractivity contribution in [2.75, 3.05) is 5.01 Å². The Hall–Kier alpha value is -5.20. The van der Waals surface area contributed by atoms with E-state index in [1.54, 1.807) is 22.3 Å². The van der Waals surface area contributed by atoms with Crippen LogP contribution in [0.15, 0.2) is 101 Å².